The van der Waals surface area contributed by atoms with Gasteiger partial charge in [-0.25, -0.2) is 0 Å². The van der Waals surface area contributed by atoms with Crippen LogP contribution in [0.15, 0.2) is 51.9 Å². The molecule has 0 saturated heterocycles. The van der Waals surface area contributed by atoms with Crippen LogP contribution in [0, 0.1) is 0 Å². The fourth-order valence-electron chi connectivity index (χ4n) is 2.35. The summed E-state index contributed by atoms with van der Waals surface area (Å²) < 4.78 is 2.18. The van der Waals surface area contributed by atoms with Crippen LogP contribution in [-0.4, -0.2) is 10.5 Å². The maximum atomic E-state index is 12.3. The largest absolute Gasteiger partial charge is 0.321 e. The highest BCUT2D eigenvalue weighted by Crippen LogP contribution is 2.27. The Morgan fingerprint density at radius 2 is 1.91 bits per heavy atom. The maximum Gasteiger partial charge on any atom is 0.274 e. The predicted octanol–water partition coefficient (Wildman–Crippen LogP) is 3.45. The zero-order valence-electron chi connectivity index (χ0n) is 12.9. The number of anilines is 1. The van der Waals surface area contributed by atoms with Crippen molar-refractivity contribution in [2.75, 3.05) is 5.32 Å². The second kappa shape index (κ2) is 6.48. The third-order valence-electron chi connectivity index (χ3n) is 3.58. The Morgan fingerprint density at radius 1 is 1.27 bits per heavy atom. The van der Waals surface area contributed by atoms with Crippen molar-refractivity contribution in [2.45, 2.75) is 25.7 Å². The summed E-state index contributed by atoms with van der Waals surface area (Å²) >= 11 is 3.32. The predicted molar refractivity (Wildman–Crippen MR) is 92.1 cm³/mol. The standard InChI is InChI=1S/C17H19BrN2O2/c1-17(2,12-7-5-4-6-8-12)10-15(21)19-14-9-13(18)11-20(3)16(14)22/h4-9,11H,10H2,1-3H3,(H,19,21). The van der Waals surface area contributed by atoms with Gasteiger partial charge in [-0.2, -0.15) is 0 Å². The summed E-state index contributed by atoms with van der Waals surface area (Å²) in [5, 5.41) is 2.72. The van der Waals surface area contributed by atoms with E-state index in [1.54, 1.807) is 19.3 Å². The first-order chi connectivity index (χ1) is 10.3. The number of nitrogens with zero attached hydrogens (tertiary/aromatic N) is 1. The van der Waals surface area contributed by atoms with E-state index in [4.69, 9.17) is 0 Å². The molecule has 1 heterocycles. The molecule has 4 nitrogen and oxygen atoms in total. The van der Waals surface area contributed by atoms with Crippen molar-refractivity contribution in [1.29, 1.82) is 0 Å². The number of rotatable bonds is 4. The molecule has 0 saturated carbocycles. The SMILES string of the molecule is Cn1cc(Br)cc(NC(=O)CC(C)(C)c2ccccc2)c1=O. The van der Waals surface area contributed by atoms with Gasteiger partial charge in [-0.05, 0) is 33.0 Å². The third-order valence-corrected chi connectivity index (χ3v) is 4.02. The fourth-order valence-corrected chi connectivity index (χ4v) is 2.88. The van der Waals surface area contributed by atoms with Gasteiger partial charge in [0.05, 0.1) is 0 Å². The number of aryl methyl sites for hydroxylation is 1. The Balaban J connectivity index is 2.16. The van der Waals surface area contributed by atoms with E-state index in [0.717, 1.165) is 10.0 Å². The Kier molecular flexibility index (Phi) is 4.86. The summed E-state index contributed by atoms with van der Waals surface area (Å²) in [4.78, 5) is 24.3. The summed E-state index contributed by atoms with van der Waals surface area (Å²) in [6.45, 7) is 4.03. The van der Waals surface area contributed by atoms with Gasteiger partial charge < -0.3 is 9.88 Å². The molecule has 116 valence electrons. The van der Waals surface area contributed by atoms with E-state index >= 15 is 0 Å². The average Bonchev–Trinajstić information content (AvgIpc) is 2.44. The lowest BCUT2D eigenvalue weighted by atomic mass is 9.81. The number of carbonyl (C=O) groups is 1. The van der Waals surface area contributed by atoms with Crippen molar-refractivity contribution in [1.82, 2.24) is 4.57 Å². The van der Waals surface area contributed by atoms with Crippen LogP contribution in [0.4, 0.5) is 5.69 Å². The first-order valence-electron chi connectivity index (χ1n) is 7.01. The Hall–Kier alpha value is -1.88. The molecular formula is C17H19BrN2O2. The Labute approximate surface area is 138 Å². The van der Waals surface area contributed by atoms with Crippen molar-refractivity contribution < 1.29 is 4.79 Å². The number of carbonyl (C=O) groups excluding carboxylic acids is 1. The molecule has 0 aliphatic carbocycles. The highest BCUT2D eigenvalue weighted by atomic mass is 79.9. The third kappa shape index (κ3) is 3.85. The number of hydrogen-bond acceptors (Lipinski definition) is 2. The van der Waals surface area contributed by atoms with Crippen LogP contribution in [0.1, 0.15) is 25.8 Å². The molecule has 5 heteroatoms. The van der Waals surface area contributed by atoms with Crippen LogP contribution in [0.25, 0.3) is 0 Å². The van der Waals surface area contributed by atoms with E-state index in [1.807, 2.05) is 44.2 Å². The van der Waals surface area contributed by atoms with Crippen LogP contribution in [0.3, 0.4) is 0 Å². The van der Waals surface area contributed by atoms with Crippen LogP contribution in [0.5, 0.6) is 0 Å². The number of benzene rings is 1. The molecule has 0 unspecified atom stereocenters. The minimum atomic E-state index is -0.303. The number of halogens is 1. The normalized spacial score (nSPS) is 11.3. The minimum absolute atomic E-state index is 0.177. The quantitative estimate of drug-likeness (QED) is 0.905. The van der Waals surface area contributed by atoms with E-state index in [0.29, 0.717) is 6.42 Å². The minimum Gasteiger partial charge on any atom is -0.321 e. The van der Waals surface area contributed by atoms with Gasteiger partial charge in [0.1, 0.15) is 5.69 Å². The van der Waals surface area contributed by atoms with Gasteiger partial charge in [-0.3, -0.25) is 9.59 Å². The van der Waals surface area contributed by atoms with Gasteiger partial charge in [0.25, 0.3) is 5.56 Å². The lowest BCUT2D eigenvalue weighted by Gasteiger charge is -2.24. The lowest BCUT2D eigenvalue weighted by molar-refractivity contribution is -0.117. The van der Waals surface area contributed by atoms with E-state index in [2.05, 4.69) is 21.2 Å². The monoisotopic (exact) mass is 362 g/mol. The summed E-state index contributed by atoms with van der Waals surface area (Å²) in [5.41, 5.74) is 0.842. The van der Waals surface area contributed by atoms with Crippen LogP contribution in [-0.2, 0) is 17.3 Å². The summed E-state index contributed by atoms with van der Waals surface area (Å²) in [6.07, 6.45) is 1.96. The highest BCUT2D eigenvalue weighted by molar-refractivity contribution is 9.10. The van der Waals surface area contributed by atoms with Gasteiger partial charge in [-0.15, -0.1) is 0 Å². The lowest BCUT2D eigenvalue weighted by Crippen LogP contribution is -2.29. The summed E-state index contributed by atoms with van der Waals surface area (Å²) in [5.74, 6) is -0.177. The average molecular weight is 363 g/mol. The zero-order chi connectivity index (χ0) is 16.3. The molecule has 2 rings (SSSR count). The molecule has 0 aliphatic rings. The van der Waals surface area contributed by atoms with Crippen molar-refractivity contribution in [3.05, 3.63) is 63.0 Å². The summed E-state index contributed by atoms with van der Waals surface area (Å²) in [6, 6.07) is 11.5. The number of pyridine rings is 1. The van der Waals surface area contributed by atoms with Crippen LogP contribution in [0.2, 0.25) is 0 Å². The maximum absolute atomic E-state index is 12.3. The fraction of sp³-hybridized carbons (Fsp3) is 0.294. The Bertz CT molecular complexity index is 736. The molecule has 1 aromatic heterocycles. The molecule has 0 bridgehead atoms. The van der Waals surface area contributed by atoms with E-state index in [-0.39, 0.29) is 22.6 Å². The molecule has 0 fully saturated rings. The molecule has 0 aliphatic heterocycles. The first-order valence-corrected chi connectivity index (χ1v) is 7.80. The molecule has 0 atom stereocenters. The van der Waals surface area contributed by atoms with Gasteiger partial charge >= 0.3 is 0 Å². The molecule has 1 N–H and O–H groups in total. The van der Waals surface area contributed by atoms with Crippen molar-refractivity contribution in [3.63, 3.8) is 0 Å². The van der Waals surface area contributed by atoms with Crippen LogP contribution < -0.4 is 10.9 Å². The van der Waals surface area contributed by atoms with Crippen molar-refractivity contribution >= 4 is 27.5 Å². The smallest absolute Gasteiger partial charge is 0.274 e. The second-order valence-electron chi connectivity index (χ2n) is 5.96. The molecular weight excluding hydrogens is 344 g/mol. The van der Waals surface area contributed by atoms with E-state index in [1.165, 1.54) is 4.57 Å². The van der Waals surface area contributed by atoms with Gasteiger partial charge in [-0.1, -0.05) is 44.2 Å². The molecule has 2 aromatic rings. The zero-order valence-corrected chi connectivity index (χ0v) is 14.5. The second-order valence-corrected chi connectivity index (χ2v) is 6.88. The molecule has 22 heavy (non-hydrogen) atoms. The topological polar surface area (TPSA) is 51.1 Å². The molecule has 0 spiro atoms. The summed E-state index contributed by atoms with van der Waals surface area (Å²) in [7, 11) is 1.65. The Morgan fingerprint density at radius 3 is 2.55 bits per heavy atom. The van der Waals surface area contributed by atoms with Crippen LogP contribution >= 0.6 is 15.9 Å². The van der Waals surface area contributed by atoms with E-state index in [9.17, 15) is 9.59 Å². The number of hydrogen-bond donors (Lipinski definition) is 1. The molecule has 1 amide bonds. The first kappa shape index (κ1) is 16.5. The molecule has 0 radical (unpaired) electrons. The van der Waals surface area contributed by atoms with Gasteiger partial charge in [0.2, 0.25) is 5.91 Å². The van der Waals surface area contributed by atoms with Gasteiger partial charge in [0, 0.05) is 24.1 Å². The number of nitrogens with one attached hydrogen (secondary N) is 1. The van der Waals surface area contributed by atoms with E-state index < -0.39 is 0 Å². The molecule has 1 aromatic carbocycles. The number of amides is 1. The van der Waals surface area contributed by atoms with Gasteiger partial charge in [0.15, 0.2) is 0 Å². The highest BCUT2D eigenvalue weighted by Gasteiger charge is 2.24. The number of aromatic nitrogens is 1. The van der Waals surface area contributed by atoms with Crippen molar-refractivity contribution in [3.8, 4) is 0 Å². The van der Waals surface area contributed by atoms with Crippen molar-refractivity contribution in [2.24, 2.45) is 7.05 Å².